The van der Waals surface area contributed by atoms with Crippen LogP contribution in [0, 0.1) is 12.7 Å². The second-order valence-electron chi connectivity index (χ2n) is 6.11. The van der Waals surface area contributed by atoms with Gasteiger partial charge in [0.05, 0.1) is 0 Å². The van der Waals surface area contributed by atoms with Crippen molar-refractivity contribution in [1.82, 2.24) is 14.1 Å². The van der Waals surface area contributed by atoms with Crippen LogP contribution in [0.1, 0.15) is 23.9 Å². The summed E-state index contributed by atoms with van der Waals surface area (Å²) in [6, 6.07) is 7.90. The summed E-state index contributed by atoms with van der Waals surface area (Å²) in [6.45, 7) is 3.88. The van der Waals surface area contributed by atoms with Crippen LogP contribution in [0.5, 0.6) is 0 Å². The maximum absolute atomic E-state index is 13.3. The Bertz CT molecular complexity index is 1000. The molecule has 0 saturated carbocycles. The summed E-state index contributed by atoms with van der Waals surface area (Å²) >= 11 is 2.39. The van der Waals surface area contributed by atoms with Crippen molar-refractivity contribution in [2.45, 2.75) is 30.5 Å². The minimum atomic E-state index is -3.50. The van der Waals surface area contributed by atoms with Gasteiger partial charge in [-0.2, -0.15) is 4.37 Å². The first-order valence-corrected chi connectivity index (χ1v) is 11.3. The molecule has 0 radical (unpaired) electrons. The predicted molar refractivity (Wildman–Crippen MR) is 106 cm³/mol. The molecule has 144 valence electrons. The van der Waals surface area contributed by atoms with E-state index in [9.17, 15) is 12.8 Å². The Morgan fingerprint density at radius 2 is 2.11 bits per heavy atom. The number of thiophene rings is 1. The molecule has 1 aromatic carbocycles. The Morgan fingerprint density at radius 1 is 1.30 bits per heavy atom. The highest BCUT2D eigenvalue weighted by molar-refractivity contribution is 7.91. The third-order valence-corrected chi connectivity index (χ3v) is 7.43. The molecule has 27 heavy (non-hydrogen) atoms. The molecule has 2 heterocycles. The standard InChI is InChI=1S/C17H19FN4O2S3/c1-11-8-13(5-6-14(11)18)9-15-20-17(26-21-15)19-10-12(2)22-27(23,24)16-4-3-7-25-16/h3-8,12,22H,9-10H2,1-2H3,(H,19,20,21). The second kappa shape index (κ2) is 8.42. The van der Waals surface area contributed by atoms with Gasteiger partial charge in [0.1, 0.15) is 15.9 Å². The van der Waals surface area contributed by atoms with E-state index in [1.54, 1.807) is 43.5 Å². The zero-order chi connectivity index (χ0) is 19.4. The van der Waals surface area contributed by atoms with E-state index >= 15 is 0 Å². The summed E-state index contributed by atoms with van der Waals surface area (Å²) in [5.41, 5.74) is 1.53. The fourth-order valence-corrected chi connectivity index (χ4v) is 5.26. The van der Waals surface area contributed by atoms with Gasteiger partial charge >= 0.3 is 0 Å². The Balaban J connectivity index is 1.54. The van der Waals surface area contributed by atoms with Gasteiger partial charge in [-0.3, -0.25) is 0 Å². The van der Waals surface area contributed by atoms with Gasteiger partial charge in [-0.1, -0.05) is 18.2 Å². The number of hydrogen-bond acceptors (Lipinski definition) is 7. The van der Waals surface area contributed by atoms with Gasteiger partial charge in [0.2, 0.25) is 15.2 Å². The first-order chi connectivity index (χ1) is 12.8. The third kappa shape index (κ3) is 5.32. The van der Waals surface area contributed by atoms with Crippen LogP contribution in [0.25, 0.3) is 0 Å². The normalized spacial score (nSPS) is 12.9. The van der Waals surface area contributed by atoms with Gasteiger partial charge < -0.3 is 5.32 Å². The number of hydrogen-bond donors (Lipinski definition) is 2. The van der Waals surface area contributed by atoms with E-state index in [1.165, 1.54) is 28.9 Å². The summed E-state index contributed by atoms with van der Waals surface area (Å²) in [6.07, 6.45) is 0.514. The molecule has 3 aromatic rings. The molecule has 2 aromatic heterocycles. The van der Waals surface area contributed by atoms with E-state index in [2.05, 4.69) is 19.4 Å². The zero-order valence-electron chi connectivity index (χ0n) is 14.8. The van der Waals surface area contributed by atoms with Crippen LogP contribution < -0.4 is 10.0 Å². The van der Waals surface area contributed by atoms with Crippen LogP contribution in [0.4, 0.5) is 9.52 Å². The van der Waals surface area contributed by atoms with Crippen molar-refractivity contribution in [3.63, 3.8) is 0 Å². The van der Waals surface area contributed by atoms with Gasteiger partial charge in [-0.15, -0.1) is 11.3 Å². The summed E-state index contributed by atoms with van der Waals surface area (Å²) in [5.74, 6) is 0.409. The number of rotatable bonds is 8. The number of nitrogens with one attached hydrogen (secondary N) is 2. The van der Waals surface area contributed by atoms with E-state index in [-0.39, 0.29) is 11.9 Å². The van der Waals surface area contributed by atoms with Crippen LogP contribution in [-0.2, 0) is 16.4 Å². The highest BCUT2D eigenvalue weighted by atomic mass is 32.2. The lowest BCUT2D eigenvalue weighted by Gasteiger charge is -2.13. The van der Waals surface area contributed by atoms with Crippen molar-refractivity contribution in [3.8, 4) is 0 Å². The first kappa shape index (κ1) is 19.9. The number of halogens is 1. The molecule has 3 rings (SSSR count). The number of aromatic nitrogens is 2. The second-order valence-corrected chi connectivity index (χ2v) is 9.75. The first-order valence-electron chi connectivity index (χ1n) is 8.21. The van der Waals surface area contributed by atoms with E-state index in [0.717, 1.165) is 5.56 Å². The van der Waals surface area contributed by atoms with Gasteiger partial charge in [0.25, 0.3) is 0 Å². The summed E-state index contributed by atoms with van der Waals surface area (Å²) in [5, 5.41) is 5.44. The fourth-order valence-electron chi connectivity index (χ4n) is 2.42. The van der Waals surface area contributed by atoms with Gasteiger partial charge in [0.15, 0.2) is 0 Å². The maximum atomic E-state index is 13.3. The van der Waals surface area contributed by atoms with Crippen LogP contribution in [0.2, 0.25) is 0 Å². The Morgan fingerprint density at radius 3 is 2.81 bits per heavy atom. The molecule has 0 saturated heterocycles. The molecule has 1 atom stereocenters. The highest BCUT2D eigenvalue weighted by Gasteiger charge is 2.18. The van der Waals surface area contributed by atoms with Crippen LogP contribution in [0.3, 0.4) is 0 Å². The lowest BCUT2D eigenvalue weighted by Crippen LogP contribution is -2.37. The SMILES string of the molecule is Cc1cc(Cc2nsc(NCC(C)NS(=O)(=O)c3cccs3)n2)ccc1F. The molecular formula is C17H19FN4O2S3. The fraction of sp³-hybridized carbons (Fsp3) is 0.294. The molecule has 0 amide bonds. The summed E-state index contributed by atoms with van der Waals surface area (Å²) in [4.78, 5) is 4.40. The van der Waals surface area contributed by atoms with Crippen molar-refractivity contribution < 1.29 is 12.8 Å². The monoisotopic (exact) mass is 426 g/mol. The highest BCUT2D eigenvalue weighted by Crippen LogP contribution is 2.18. The Kier molecular flexibility index (Phi) is 6.20. The number of aryl methyl sites for hydroxylation is 1. The number of nitrogens with zero attached hydrogens (tertiary/aromatic N) is 2. The molecule has 0 fully saturated rings. The van der Waals surface area contributed by atoms with E-state index in [1.807, 2.05) is 0 Å². The van der Waals surface area contributed by atoms with E-state index in [0.29, 0.717) is 33.7 Å². The number of benzene rings is 1. The predicted octanol–water partition coefficient (Wildman–Crippen LogP) is 3.42. The van der Waals surface area contributed by atoms with E-state index in [4.69, 9.17) is 0 Å². The van der Waals surface area contributed by atoms with Gasteiger partial charge in [-0.25, -0.2) is 22.5 Å². The summed E-state index contributed by atoms with van der Waals surface area (Å²) in [7, 11) is -3.50. The minimum absolute atomic E-state index is 0.230. The van der Waals surface area contributed by atoms with Crippen molar-refractivity contribution in [1.29, 1.82) is 0 Å². The Hall–Kier alpha value is -1.88. The zero-order valence-corrected chi connectivity index (χ0v) is 17.2. The van der Waals surface area contributed by atoms with Crippen molar-refractivity contribution in [2.75, 3.05) is 11.9 Å². The van der Waals surface area contributed by atoms with Gasteiger partial charge in [-0.05, 0) is 42.5 Å². The van der Waals surface area contributed by atoms with Gasteiger partial charge in [0, 0.05) is 30.5 Å². The molecule has 10 heteroatoms. The topological polar surface area (TPSA) is 84.0 Å². The average molecular weight is 427 g/mol. The quantitative estimate of drug-likeness (QED) is 0.577. The lowest BCUT2D eigenvalue weighted by molar-refractivity contribution is 0.567. The largest absolute Gasteiger partial charge is 0.359 e. The molecule has 0 aliphatic heterocycles. The van der Waals surface area contributed by atoms with Crippen LogP contribution >= 0.6 is 22.9 Å². The smallest absolute Gasteiger partial charge is 0.250 e. The minimum Gasteiger partial charge on any atom is -0.359 e. The number of anilines is 1. The average Bonchev–Trinajstić information content (AvgIpc) is 3.28. The molecule has 6 nitrogen and oxygen atoms in total. The molecule has 0 aliphatic carbocycles. The molecule has 0 bridgehead atoms. The molecule has 1 unspecified atom stereocenters. The Labute approximate surface area is 165 Å². The molecule has 0 aliphatic rings. The van der Waals surface area contributed by atoms with Crippen LogP contribution in [0.15, 0.2) is 39.9 Å². The number of sulfonamides is 1. The van der Waals surface area contributed by atoms with Crippen molar-refractivity contribution >= 4 is 38.0 Å². The third-order valence-electron chi connectivity index (χ3n) is 3.73. The van der Waals surface area contributed by atoms with Crippen molar-refractivity contribution in [2.24, 2.45) is 0 Å². The van der Waals surface area contributed by atoms with Crippen molar-refractivity contribution in [3.05, 3.63) is 58.5 Å². The maximum Gasteiger partial charge on any atom is 0.250 e. The summed E-state index contributed by atoms with van der Waals surface area (Å²) < 4.78 is 44.9. The molecule has 0 spiro atoms. The molecule has 2 N–H and O–H groups in total. The van der Waals surface area contributed by atoms with Crippen LogP contribution in [-0.4, -0.2) is 30.4 Å². The molecular weight excluding hydrogens is 407 g/mol. The van der Waals surface area contributed by atoms with E-state index < -0.39 is 10.0 Å². The lowest BCUT2D eigenvalue weighted by atomic mass is 10.1.